The molecule has 61 heavy (non-hydrogen) atoms. The third kappa shape index (κ3) is 8.07. The number of halogens is 12. The van der Waals surface area contributed by atoms with Crippen LogP contribution in [0.5, 0.6) is 11.5 Å². The minimum atomic E-state index is -5.27. The lowest BCUT2D eigenvalue weighted by Gasteiger charge is -2.25. The molecule has 1 aliphatic rings. The Kier molecular flexibility index (Phi) is 10.5. The van der Waals surface area contributed by atoms with Gasteiger partial charge in [0.2, 0.25) is 0 Å². The Morgan fingerprint density at radius 3 is 1.02 bits per heavy atom. The lowest BCUT2D eigenvalue weighted by Crippen LogP contribution is -2.11. The molecule has 2 nitrogen and oxygen atoms in total. The molecule has 0 aromatic heterocycles. The Morgan fingerprint density at radius 1 is 0.344 bits per heavy atom. The minimum Gasteiger partial charge on any atom is -0.493 e. The summed E-state index contributed by atoms with van der Waals surface area (Å²) < 4.78 is 187. The van der Waals surface area contributed by atoms with Crippen molar-refractivity contribution in [1.29, 1.82) is 0 Å². The minimum absolute atomic E-state index is 0.0198. The molecule has 0 atom stereocenters. The van der Waals surface area contributed by atoms with Crippen molar-refractivity contribution in [3.8, 4) is 56.0 Å². The second kappa shape index (κ2) is 15.4. The molecule has 0 spiro atoms. The average Bonchev–Trinajstić information content (AvgIpc) is 3.20. The summed E-state index contributed by atoms with van der Waals surface area (Å²) in [6.45, 7) is 0.378. The van der Waals surface area contributed by atoms with Gasteiger partial charge in [0.15, 0.2) is 0 Å². The summed E-state index contributed by atoms with van der Waals surface area (Å²) in [4.78, 5) is 0. The van der Waals surface area contributed by atoms with Crippen molar-refractivity contribution in [3.05, 3.63) is 144 Å². The van der Waals surface area contributed by atoms with Crippen LogP contribution >= 0.6 is 0 Å². The molecule has 8 rings (SSSR count). The zero-order valence-corrected chi connectivity index (χ0v) is 31.4. The molecule has 7 aromatic carbocycles. The quantitative estimate of drug-likeness (QED) is 0.127. The average molecular weight is 855 g/mol. The monoisotopic (exact) mass is 854 g/mol. The molecule has 4 bridgehead atoms. The van der Waals surface area contributed by atoms with E-state index in [9.17, 15) is 52.7 Å². The van der Waals surface area contributed by atoms with Crippen LogP contribution in [0.3, 0.4) is 0 Å². The number of alkyl halides is 12. The molecular weight excluding hydrogens is 824 g/mol. The summed E-state index contributed by atoms with van der Waals surface area (Å²) in [7, 11) is 0. The highest BCUT2D eigenvalue weighted by atomic mass is 19.4. The Labute approximate surface area is 340 Å². The standard InChI is InChI=1S/C47H30F12O2/c48-44(49,50)28-20-26(21-29(24-28)45(51,52)53)40-37-15-9-13-35-33-11-3-5-17-39(33)61-19-7-1-6-18-60-38-16-4-2-10-32(38)34-12-8-14-36(42(34)40)41(43(35)37)27-22-30(46(54,55)56)25-31(23-27)47(57,58)59/h2-5,8-17,20-25H,1,6-7,18-19H2. The summed E-state index contributed by atoms with van der Waals surface area (Å²) in [5.74, 6) is 0.533. The Balaban J connectivity index is 1.68. The molecule has 0 aliphatic carbocycles. The molecule has 314 valence electrons. The first-order valence-corrected chi connectivity index (χ1v) is 18.9. The predicted octanol–water partition coefficient (Wildman–Crippen LogP) is 15.7. The summed E-state index contributed by atoms with van der Waals surface area (Å²) in [5.41, 5.74) is -7.05. The predicted molar refractivity (Wildman–Crippen MR) is 208 cm³/mol. The molecule has 0 N–H and O–H groups in total. The van der Waals surface area contributed by atoms with Crippen molar-refractivity contribution in [3.63, 3.8) is 0 Å². The number of benzene rings is 7. The van der Waals surface area contributed by atoms with Crippen molar-refractivity contribution < 1.29 is 62.2 Å². The van der Waals surface area contributed by atoms with Crippen LogP contribution in [-0.2, 0) is 24.7 Å². The van der Waals surface area contributed by atoms with E-state index in [4.69, 9.17) is 9.47 Å². The fraction of sp³-hybridized carbons (Fsp3) is 0.191. The maximum absolute atomic E-state index is 14.6. The van der Waals surface area contributed by atoms with Crippen LogP contribution < -0.4 is 9.47 Å². The molecule has 1 heterocycles. The van der Waals surface area contributed by atoms with Gasteiger partial charge in [-0.15, -0.1) is 0 Å². The molecule has 7 aromatic rings. The number of ether oxygens (including phenoxy) is 2. The summed E-state index contributed by atoms with van der Waals surface area (Å²) >= 11 is 0. The van der Waals surface area contributed by atoms with E-state index in [1.54, 1.807) is 48.5 Å². The number of para-hydroxylation sites is 2. The van der Waals surface area contributed by atoms with Crippen LogP contribution in [-0.4, -0.2) is 13.2 Å². The maximum atomic E-state index is 14.6. The van der Waals surface area contributed by atoms with Crippen LogP contribution in [0.1, 0.15) is 41.5 Å². The Morgan fingerprint density at radius 2 is 0.672 bits per heavy atom. The van der Waals surface area contributed by atoms with E-state index < -0.39 is 58.1 Å². The topological polar surface area (TPSA) is 18.5 Å². The van der Waals surface area contributed by atoms with E-state index in [0.29, 0.717) is 54.7 Å². The largest absolute Gasteiger partial charge is 0.493 e. The van der Waals surface area contributed by atoms with Gasteiger partial charge in [0.25, 0.3) is 0 Å². The molecular formula is C47H30F12O2. The third-order valence-corrected chi connectivity index (χ3v) is 10.6. The van der Waals surface area contributed by atoms with Crippen molar-refractivity contribution in [2.24, 2.45) is 0 Å². The number of rotatable bonds is 2. The van der Waals surface area contributed by atoms with Crippen molar-refractivity contribution in [1.82, 2.24) is 0 Å². The fourth-order valence-corrected chi connectivity index (χ4v) is 7.95. The summed E-state index contributed by atoms with van der Waals surface area (Å²) in [6, 6.07) is 23.9. The van der Waals surface area contributed by atoms with Gasteiger partial charge in [-0.3, -0.25) is 0 Å². The highest BCUT2D eigenvalue weighted by Gasteiger charge is 2.39. The van der Waals surface area contributed by atoms with Gasteiger partial charge in [0.1, 0.15) is 11.5 Å². The van der Waals surface area contributed by atoms with Gasteiger partial charge in [-0.05, 0) is 123 Å². The Bertz CT molecular complexity index is 2540. The normalized spacial score (nSPS) is 14.2. The number of fused-ring (bicyclic) bond motifs is 4. The molecule has 0 unspecified atom stereocenters. The second-order valence-electron chi connectivity index (χ2n) is 14.5. The van der Waals surface area contributed by atoms with Crippen molar-refractivity contribution >= 4 is 21.5 Å². The molecule has 0 saturated heterocycles. The van der Waals surface area contributed by atoms with Gasteiger partial charge in [0.05, 0.1) is 35.5 Å². The van der Waals surface area contributed by atoms with Gasteiger partial charge in [0, 0.05) is 11.1 Å². The first-order chi connectivity index (χ1) is 28.8. The highest BCUT2D eigenvalue weighted by molar-refractivity contribution is 6.27. The smallest absolute Gasteiger partial charge is 0.416 e. The fourth-order valence-electron chi connectivity index (χ4n) is 7.95. The molecule has 0 radical (unpaired) electrons. The number of hydrogen-bond acceptors (Lipinski definition) is 2. The SMILES string of the molecule is FC(F)(F)c1cc(-c2c3cccc4c3c(-c3cc(C(F)(F)F)cc(C(F)(F)F)c3)c3cccc(c23)-c2ccccc2OCCCCCOc2ccccc2-4)cc(C(F)(F)F)c1. The second-order valence-corrected chi connectivity index (χ2v) is 14.5. The van der Waals surface area contributed by atoms with Gasteiger partial charge < -0.3 is 9.47 Å². The number of hydrogen-bond donors (Lipinski definition) is 0. The van der Waals surface area contributed by atoms with E-state index in [2.05, 4.69) is 0 Å². The summed E-state index contributed by atoms with van der Waals surface area (Å²) in [6.07, 6.45) is -19.3. The first kappa shape index (κ1) is 41.5. The molecule has 14 heteroatoms. The lowest BCUT2D eigenvalue weighted by molar-refractivity contribution is -0.144. The van der Waals surface area contributed by atoms with E-state index in [0.717, 1.165) is 0 Å². The van der Waals surface area contributed by atoms with Gasteiger partial charge in [-0.1, -0.05) is 72.8 Å². The van der Waals surface area contributed by atoms with Crippen molar-refractivity contribution in [2.45, 2.75) is 44.0 Å². The molecule has 0 fully saturated rings. The van der Waals surface area contributed by atoms with E-state index in [1.807, 2.05) is 0 Å². The Hall–Kier alpha value is -6.18. The van der Waals surface area contributed by atoms with Crippen LogP contribution in [0.4, 0.5) is 52.7 Å². The van der Waals surface area contributed by atoms with Crippen LogP contribution in [0.2, 0.25) is 0 Å². The van der Waals surface area contributed by atoms with Gasteiger partial charge in [-0.25, -0.2) is 0 Å². The zero-order valence-electron chi connectivity index (χ0n) is 31.4. The van der Waals surface area contributed by atoms with E-state index in [-0.39, 0.29) is 80.6 Å². The summed E-state index contributed by atoms with van der Waals surface area (Å²) in [5, 5.41) is -0.234. The first-order valence-electron chi connectivity index (χ1n) is 18.9. The van der Waals surface area contributed by atoms with Crippen LogP contribution in [0.15, 0.2) is 121 Å². The van der Waals surface area contributed by atoms with Crippen LogP contribution in [0.25, 0.3) is 66.1 Å². The third-order valence-electron chi connectivity index (χ3n) is 10.6. The van der Waals surface area contributed by atoms with Gasteiger partial charge in [-0.2, -0.15) is 52.7 Å². The lowest BCUT2D eigenvalue weighted by atomic mass is 9.80. The molecule has 0 amide bonds. The van der Waals surface area contributed by atoms with Crippen molar-refractivity contribution in [2.75, 3.05) is 13.2 Å². The van der Waals surface area contributed by atoms with Crippen LogP contribution in [0, 0.1) is 0 Å². The molecule has 1 aliphatic heterocycles. The molecule has 0 saturated carbocycles. The van der Waals surface area contributed by atoms with E-state index >= 15 is 0 Å². The zero-order chi connectivity index (χ0) is 43.5. The maximum Gasteiger partial charge on any atom is 0.416 e. The van der Waals surface area contributed by atoms with Gasteiger partial charge >= 0.3 is 24.7 Å². The highest BCUT2D eigenvalue weighted by Crippen LogP contribution is 2.53. The van der Waals surface area contributed by atoms with E-state index in [1.165, 1.54) is 36.4 Å².